The van der Waals surface area contributed by atoms with Crippen molar-refractivity contribution in [2.75, 3.05) is 18.4 Å². The third-order valence-corrected chi connectivity index (χ3v) is 5.56. The number of hydrogen-bond acceptors (Lipinski definition) is 4. The number of ether oxygens (including phenoxy) is 1. The maximum atomic E-state index is 13.1. The summed E-state index contributed by atoms with van der Waals surface area (Å²) < 4.78 is 11.2. The molecule has 0 saturated carbocycles. The van der Waals surface area contributed by atoms with E-state index in [4.69, 9.17) is 32.4 Å². The van der Waals surface area contributed by atoms with Crippen molar-refractivity contribution in [1.82, 2.24) is 4.90 Å². The number of rotatable bonds is 7. The van der Waals surface area contributed by atoms with E-state index in [9.17, 15) is 9.59 Å². The molecule has 1 N–H and O–H groups in total. The number of anilines is 1. The molecule has 0 aliphatic carbocycles. The first-order valence-corrected chi connectivity index (χ1v) is 11.0. The van der Waals surface area contributed by atoms with Gasteiger partial charge in [-0.25, -0.2) is 4.79 Å². The number of fused-ring (bicyclic) bond motifs is 2. The molecule has 0 fully saturated rings. The number of furan rings is 2. The van der Waals surface area contributed by atoms with E-state index in [1.165, 1.54) is 0 Å². The van der Waals surface area contributed by atoms with Gasteiger partial charge in [0.15, 0.2) is 0 Å². The van der Waals surface area contributed by atoms with Gasteiger partial charge in [-0.15, -0.1) is 0 Å². The fourth-order valence-corrected chi connectivity index (χ4v) is 3.59. The molecule has 2 aromatic heterocycles. The van der Waals surface area contributed by atoms with E-state index < -0.39 is 5.60 Å². The average Bonchev–Trinajstić information content (AvgIpc) is 3.31. The van der Waals surface area contributed by atoms with Crippen molar-refractivity contribution in [3.63, 3.8) is 0 Å². The molecule has 0 unspecified atom stereocenters. The van der Waals surface area contributed by atoms with Crippen LogP contribution in [0.25, 0.3) is 16.7 Å². The van der Waals surface area contributed by atoms with Gasteiger partial charge in [-0.2, -0.15) is 0 Å². The van der Waals surface area contributed by atoms with Gasteiger partial charge in [0.1, 0.15) is 16.8 Å². The standard InChI is InChI=1S/C24H26Cl2N2O4/c1-6-28(23(30)32-24(3,4)5)12-11-14(2)20-18-9-10-19(31-18)21(20)22(29)27-15-7-8-16(25)17(26)13-15/h7-10,13H,2,6,11-12H2,1,3-5H3,(H,27,29). The molecule has 0 spiro atoms. The lowest BCUT2D eigenvalue weighted by molar-refractivity contribution is 0.0264. The minimum absolute atomic E-state index is 0.339. The normalized spacial score (nSPS) is 11.6. The van der Waals surface area contributed by atoms with Crippen LogP contribution in [0.15, 0.2) is 41.3 Å². The zero-order valence-corrected chi connectivity index (χ0v) is 20.1. The summed E-state index contributed by atoms with van der Waals surface area (Å²) in [7, 11) is 0. The monoisotopic (exact) mass is 476 g/mol. The summed E-state index contributed by atoms with van der Waals surface area (Å²) in [4.78, 5) is 27.1. The summed E-state index contributed by atoms with van der Waals surface area (Å²) in [6.45, 7) is 12.4. The van der Waals surface area contributed by atoms with Gasteiger partial charge < -0.3 is 19.4 Å². The predicted molar refractivity (Wildman–Crippen MR) is 129 cm³/mol. The Labute approximate surface area is 197 Å². The van der Waals surface area contributed by atoms with E-state index in [1.807, 2.05) is 27.7 Å². The van der Waals surface area contributed by atoms with Crippen molar-refractivity contribution in [2.24, 2.45) is 0 Å². The van der Waals surface area contributed by atoms with Gasteiger partial charge in [-0.1, -0.05) is 29.8 Å². The molecule has 3 aromatic rings. The minimum atomic E-state index is -0.574. The number of benzene rings is 2. The van der Waals surface area contributed by atoms with Gasteiger partial charge >= 0.3 is 6.09 Å². The molecule has 0 atom stereocenters. The highest BCUT2D eigenvalue weighted by Crippen LogP contribution is 2.35. The highest BCUT2D eigenvalue weighted by molar-refractivity contribution is 6.42. The number of hydrogen-bond donors (Lipinski definition) is 1. The van der Waals surface area contributed by atoms with Crippen molar-refractivity contribution in [3.05, 3.63) is 58.1 Å². The molecule has 1 aromatic carbocycles. The van der Waals surface area contributed by atoms with E-state index in [0.717, 1.165) is 0 Å². The second kappa shape index (κ2) is 9.43. The van der Waals surface area contributed by atoms with Crippen molar-refractivity contribution < 1.29 is 18.7 Å². The third kappa shape index (κ3) is 5.37. The number of amides is 2. The Morgan fingerprint density at radius 3 is 2.34 bits per heavy atom. The van der Waals surface area contributed by atoms with Crippen LogP contribution in [0, 0.1) is 0 Å². The first-order chi connectivity index (χ1) is 15.0. The van der Waals surface area contributed by atoms with Crippen LogP contribution in [0.4, 0.5) is 10.5 Å². The van der Waals surface area contributed by atoms with Crippen LogP contribution in [0.1, 0.15) is 50.0 Å². The lowest BCUT2D eigenvalue weighted by Crippen LogP contribution is -2.37. The minimum Gasteiger partial charge on any atom is -0.456 e. The molecule has 2 bridgehead atoms. The summed E-state index contributed by atoms with van der Waals surface area (Å²) in [5, 5.41) is 3.57. The molecule has 8 heteroatoms. The number of nitrogens with zero attached hydrogens (tertiary/aromatic N) is 1. The predicted octanol–water partition coefficient (Wildman–Crippen LogP) is 7.09. The summed E-state index contributed by atoms with van der Waals surface area (Å²) in [6.07, 6.45) is 0.0745. The molecule has 0 aliphatic heterocycles. The second-order valence-corrected chi connectivity index (χ2v) is 9.22. The molecule has 2 amide bonds. The van der Waals surface area contributed by atoms with Crippen LogP contribution in [-0.4, -0.2) is 35.6 Å². The lowest BCUT2D eigenvalue weighted by atomic mass is 9.98. The summed E-state index contributed by atoms with van der Waals surface area (Å²) in [5.74, 6) is -0.339. The zero-order chi connectivity index (χ0) is 23.6. The van der Waals surface area contributed by atoms with Gasteiger partial charge in [0, 0.05) is 24.3 Å². The fraction of sp³-hybridized carbons (Fsp3) is 0.333. The number of nitrogens with one attached hydrogen (secondary N) is 1. The fourth-order valence-electron chi connectivity index (χ4n) is 3.30. The van der Waals surface area contributed by atoms with Gasteiger partial charge in [0.05, 0.1) is 15.6 Å². The Balaban J connectivity index is 1.76. The van der Waals surface area contributed by atoms with Crippen LogP contribution in [0.2, 0.25) is 10.0 Å². The van der Waals surface area contributed by atoms with Gasteiger partial charge in [-0.05, 0) is 70.0 Å². The number of carbonyl (C=O) groups excluding carboxylic acids is 2. The molecule has 3 rings (SSSR count). The largest absolute Gasteiger partial charge is 0.456 e. The quantitative estimate of drug-likeness (QED) is 0.394. The van der Waals surface area contributed by atoms with E-state index >= 15 is 0 Å². The first-order valence-electron chi connectivity index (χ1n) is 10.3. The van der Waals surface area contributed by atoms with E-state index in [2.05, 4.69) is 11.9 Å². The number of halogens is 2. The molecule has 0 radical (unpaired) electrons. The first kappa shape index (κ1) is 24.0. The SMILES string of the molecule is C=C(CCN(CC)C(=O)OC(C)(C)C)c1c(C(=O)Nc2ccc(Cl)c(Cl)c2)c2ccc1o2. The average molecular weight is 477 g/mol. The van der Waals surface area contributed by atoms with E-state index in [0.29, 0.717) is 63.1 Å². The molecular weight excluding hydrogens is 451 g/mol. The highest BCUT2D eigenvalue weighted by atomic mass is 35.5. The molecule has 0 saturated heterocycles. The van der Waals surface area contributed by atoms with Gasteiger partial charge in [0.2, 0.25) is 0 Å². The van der Waals surface area contributed by atoms with Crippen LogP contribution < -0.4 is 5.32 Å². The maximum absolute atomic E-state index is 13.1. The summed E-state index contributed by atoms with van der Waals surface area (Å²) in [6, 6.07) is 8.41. The van der Waals surface area contributed by atoms with Crippen molar-refractivity contribution in [3.8, 4) is 0 Å². The summed E-state index contributed by atoms with van der Waals surface area (Å²) in [5.41, 5.74) is 2.72. The Bertz CT molecular complexity index is 1150. The molecule has 0 aliphatic rings. The topological polar surface area (TPSA) is 71.8 Å². The Kier molecular flexibility index (Phi) is 7.06. The Morgan fingerprint density at radius 1 is 1.09 bits per heavy atom. The van der Waals surface area contributed by atoms with Crippen LogP contribution in [0.3, 0.4) is 0 Å². The molecule has 2 heterocycles. The molecule has 32 heavy (non-hydrogen) atoms. The van der Waals surface area contributed by atoms with Crippen molar-refractivity contribution in [2.45, 2.75) is 39.7 Å². The van der Waals surface area contributed by atoms with Crippen LogP contribution in [-0.2, 0) is 4.74 Å². The highest BCUT2D eigenvalue weighted by Gasteiger charge is 2.26. The van der Waals surface area contributed by atoms with E-state index in [1.54, 1.807) is 35.2 Å². The van der Waals surface area contributed by atoms with Gasteiger partial charge in [0.25, 0.3) is 5.91 Å². The lowest BCUT2D eigenvalue weighted by Gasteiger charge is -2.26. The third-order valence-electron chi connectivity index (χ3n) is 4.82. The zero-order valence-electron chi connectivity index (χ0n) is 18.6. The Morgan fingerprint density at radius 2 is 1.75 bits per heavy atom. The second-order valence-electron chi connectivity index (χ2n) is 8.41. The smallest absolute Gasteiger partial charge is 0.410 e. The molecule has 6 nitrogen and oxygen atoms in total. The van der Waals surface area contributed by atoms with E-state index in [-0.39, 0.29) is 12.0 Å². The Hall–Kier alpha value is -2.70. The number of carbonyl (C=O) groups is 2. The maximum Gasteiger partial charge on any atom is 0.410 e. The van der Waals surface area contributed by atoms with Crippen molar-refractivity contribution >= 4 is 57.6 Å². The van der Waals surface area contributed by atoms with Gasteiger partial charge in [-0.3, -0.25) is 4.79 Å². The molecule has 170 valence electrons. The van der Waals surface area contributed by atoms with Crippen LogP contribution >= 0.6 is 23.2 Å². The van der Waals surface area contributed by atoms with Crippen molar-refractivity contribution in [1.29, 1.82) is 0 Å². The van der Waals surface area contributed by atoms with Crippen LogP contribution in [0.5, 0.6) is 0 Å². The molecular formula is C24H26Cl2N2O4. The summed E-state index contributed by atoms with van der Waals surface area (Å²) >= 11 is 12.0.